The van der Waals surface area contributed by atoms with Crippen LogP contribution in [0.2, 0.25) is 0 Å². The molecule has 18 atom stereocenters. The molecule has 3 fully saturated rings. The molecule has 0 aromatic carbocycles. The van der Waals surface area contributed by atoms with E-state index in [-0.39, 0.29) is 12.3 Å². The lowest BCUT2D eigenvalue weighted by atomic mass is 9.88. The first-order valence-corrected chi connectivity index (χ1v) is 27.2. The summed E-state index contributed by atoms with van der Waals surface area (Å²) < 4.78 is 34.5. The summed E-state index contributed by atoms with van der Waals surface area (Å²) >= 11 is 0. The number of hydrogen-bond acceptors (Lipinski definition) is 20. The number of ether oxygens (including phenoxy) is 6. The SMILES string of the molecule is CCCCCC/C=C\CCCC(=O)NC(COC1OC(CO)C(OC2OC(CO)C(O)C(OC3(C(=O)O)CC(O)C(NC(C)=O)C(C(O)C(O)CO)O3)C2O)C(O)C1O)C(O)/C=C/CCCCCCCCCCCC. The number of hydrogen-bond donors (Lipinski definition) is 14. The number of unbranched alkanes of at least 4 members (excludes halogenated alkanes) is 15. The summed E-state index contributed by atoms with van der Waals surface area (Å²) in [5, 5.41) is 135. The Morgan fingerprint density at radius 3 is 1.83 bits per heavy atom. The van der Waals surface area contributed by atoms with E-state index in [2.05, 4.69) is 30.6 Å². The maximum absolute atomic E-state index is 13.2. The van der Waals surface area contributed by atoms with Crippen molar-refractivity contribution in [3.63, 3.8) is 0 Å². The number of aliphatic hydroxyl groups excluding tert-OH is 11. The van der Waals surface area contributed by atoms with Crippen LogP contribution in [0.5, 0.6) is 0 Å². The van der Waals surface area contributed by atoms with E-state index in [1.165, 1.54) is 51.4 Å². The highest BCUT2D eigenvalue weighted by atomic mass is 16.8. The molecule has 3 aliphatic heterocycles. The maximum atomic E-state index is 13.2. The molecule has 0 aliphatic carbocycles. The Kier molecular flexibility index (Phi) is 31.6. The first kappa shape index (κ1) is 66.5. The van der Waals surface area contributed by atoms with Crippen molar-refractivity contribution in [3.05, 3.63) is 24.3 Å². The fraction of sp³-hybridized carbons (Fsp3) is 0.865. The summed E-state index contributed by atoms with van der Waals surface area (Å²) in [5.74, 6) is -6.19. The van der Waals surface area contributed by atoms with Crippen molar-refractivity contribution >= 4 is 17.8 Å². The number of allylic oxidation sites excluding steroid dienone is 3. The fourth-order valence-corrected chi connectivity index (χ4v) is 9.41. The minimum Gasteiger partial charge on any atom is -0.477 e. The van der Waals surface area contributed by atoms with Crippen LogP contribution in [0.4, 0.5) is 0 Å². The second-order valence-corrected chi connectivity index (χ2v) is 20.1. The molecule has 3 heterocycles. The number of aliphatic hydroxyl groups is 11. The topological polar surface area (TPSA) is 373 Å². The number of nitrogens with one attached hydrogen (secondary N) is 2. The van der Waals surface area contributed by atoms with E-state index in [1.54, 1.807) is 6.08 Å². The van der Waals surface area contributed by atoms with Gasteiger partial charge in [0.2, 0.25) is 11.8 Å². The van der Waals surface area contributed by atoms with E-state index >= 15 is 0 Å². The average Bonchev–Trinajstić information content (AvgIpc) is 3.38. The Morgan fingerprint density at radius 1 is 0.693 bits per heavy atom. The maximum Gasteiger partial charge on any atom is 0.364 e. The molecular formula is C52H92N2O21. The zero-order valence-corrected chi connectivity index (χ0v) is 44.1. The van der Waals surface area contributed by atoms with E-state index < -0.39 is 155 Å². The largest absolute Gasteiger partial charge is 0.477 e. The van der Waals surface area contributed by atoms with Gasteiger partial charge in [-0.1, -0.05) is 115 Å². The predicted octanol–water partition coefficient (Wildman–Crippen LogP) is 0.211. The Hall–Kier alpha value is -2.79. The average molecular weight is 1080 g/mol. The molecule has 3 aliphatic rings. The van der Waals surface area contributed by atoms with Crippen LogP contribution in [-0.2, 0) is 42.8 Å². The molecule has 436 valence electrons. The highest BCUT2D eigenvalue weighted by Gasteiger charge is 2.60. The van der Waals surface area contributed by atoms with Crippen molar-refractivity contribution in [1.82, 2.24) is 10.6 Å². The van der Waals surface area contributed by atoms with Gasteiger partial charge in [0, 0.05) is 19.8 Å². The van der Waals surface area contributed by atoms with E-state index in [4.69, 9.17) is 28.4 Å². The second kappa shape index (κ2) is 35.7. The third-order valence-corrected chi connectivity index (χ3v) is 13.9. The molecular weight excluding hydrogens is 989 g/mol. The highest BCUT2D eigenvalue weighted by Crippen LogP contribution is 2.38. The van der Waals surface area contributed by atoms with Gasteiger partial charge in [-0.3, -0.25) is 9.59 Å². The Labute approximate surface area is 441 Å². The molecule has 75 heavy (non-hydrogen) atoms. The van der Waals surface area contributed by atoms with Crippen LogP contribution < -0.4 is 10.6 Å². The fourth-order valence-electron chi connectivity index (χ4n) is 9.41. The van der Waals surface area contributed by atoms with Crippen molar-refractivity contribution < 1.29 is 104 Å². The Balaban J connectivity index is 1.74. The van der Waals surface area contributed by atoms with Gasteiger partial charge in [0.15, 0.2) is 12.6 Å². The van der Waals surface area contributed by atoms with Crippen LogP contribution in [-0.4, -0.2) is 215 Å². The monoisotopic (exact) mass is 1080 g/mol. The molecule has 14 N–H and O–H groups in total. The predicted molar refractivity (Wildman–Crippen MR) is 269 cm³/mol. The lowest BCUT2D eigenvalue weighted by Crippen LogP contribution is -2.70. The first-order chi connectivity index (χ1) is 35.9. The van der Waals surface area contributed by atoms with E-state index in [9.17, 15) is 75.7 Å². The molecule has 3 saturated heterocycles. The number of carboxylic acid groups (broad SMARTS) is 1. The number of aliphatic carboxylic acids is 1. The quantitative estimate of drug-likeness (QED) is 0.0292. The molecule has 0 aromatic heterocycles. The molecule has 0 spiro atoms. The van der Waals surface area contributed by atoms with Crippen molar-refractivity contribution in [2.45, 2.75) is 259 Å². The minimum absolute atomic E-state index is 0.150. The summed E-state index contributed by atoms with van der Waals surface area (Å²) in [6.45, 7) is 1.98. The van der Waals surface area contributed by atoms with Crippen LogP contribution in [0.3, 0.4) is 0 Å². The molecule has 18 unspecified atom stereocenters. The van der Waals surface area contributed by atoms with Gasteiger partial charge >= 0.3 is 5.97 Å². The van der Waals surface area contributed by atoms with Gasteiger partial charge < -0.3 is 100 Å². The second-order valence-electron chi connectivity index (χ2n) is 20.1. The summed E-state index contributed by atoms with van der Waals surface area (Å²) in [4.78, 5) is 38.1. The van der Waals surface area contributed by atoms with Crippen LogP contribution in [0.25, 0.3) is 0 Å². The van der Waals surface area contributed by atoms with Crippen molar-refractivity contribution in [3.8, 4) is 0 Å². The lowest BCUT2D eigenvalue weighted by Gasteiger charge is -2.50. The molecule has 23 nitrogen and oxygen atoms in total. The lowest BCUT2D eigenvalue weighted by molar-refractivity contribution is -0.386. The van der Waals surface area contributed by atoms with Gasteiger partial charge in [-0.05, 0) is 38.5 Å². The Morgan fingerprint density at radius 2 is 1.25 bits per heavy atom. The Bertz CT molecular complexity index is 1660. The van der Waals surface area contributed by atoms with Crippen LogP contribution in [0.1, 0.15) is 149 Å². The van der Waals surface area contributed by atoms with Crippen LogP contribution >= 0.6 is 0 Å². The molecule has 0 saturated carbocycles. The zero-order chi connectivity index (χ0) is 55.5. The van der Waals surface area contributed by atoms with Gasteiger partial charge in [-0.25, -0.2) is 4.79 Å². The van der Waals surface area contributed by atoms with Crippen molar-refractivity contribution in [2.24, 2.45) is 0 Å². The summed E-state index contributed by atoms with van der Waals surface area (Å²) in [6.07, 6.45) is -2.65. The molecule has 0 aromatic rings. The van der Waals surface area contributed by atoms with E-state index in [1.807, 2.05) is 12.2 Å². The normalized spacial score (nSPS) is 32.1. The van der Waals surface area contributed by atoms with Crippen LogP contribution in [0.15, 0.2) is 24.3 Å². The van der Waals surface area contributed by atoms with Gasteiger partial charge in [0.05, 0.1) is 50.7 Å². The molecule has 0 radical (unpaired) electrons. The van der Waals surface area contributed by atoms with Crippen molar-refractivity contribution in [2.75, 3.05) is 26.4 Å². The molecule has 2 amide bonds. The van der Waals surface area contributed by atoms with Gasteiger partial charge in [0.25, 0.3) is 5.79 Å². The number of carboxylic acids is 1. The third-order valence-electron chi connectivity index (χ3n) is 13.9. The zero-order valence-electron chi connectivity index (χ0n) is 44.1. The number of amides is 2. The summed E-state index contributed by atoms with van der Waals surface area (Å²) in [6, 6.07) is -2.63. The highest BCUT2D eigenvalue weighted by molar-refractivity contribution is 5.77. The van der Waals surface area contributed by atoms with Crippen molar-refractivity contribution in [1.29, 1.82) is 0 Å². The van der Waals surface area contributed by atoms with E-state index in [0.717, 1.165) is 51.9 Å². The van der Waals surface area contributed by atoms with Gasteiger partial charge in [-0.2, -0.15) is 0 Å². The molecule has 0 bridgehead atoms. The number of carbonyl (C=O) groups excluding carboxylic acids is 2. The standard InChI is InChI=1S/C52H92N2O21/c1-4-6-8-10-12-14-15-16-18-19-21-23-25-34(59)33(54-39(62)26-24-22-20-17-13-11-9-7-5-2)31-70-49-44(66)43(65)46(38(30-57)72-49)73-50-45(67)48(42(64)37(29-56)71-50)75-52(51(68)69)27-35(60)40(53-32(3)58)47(74-52)41(63)36(61)28-55/h17,20,23,25,33-38,40-50,55-57,59-61,63-67H,4-16,18-19,21-22,24,26-31H2,1-3H3,(H,53,58)(H,54,62)(H,68,69)/b20-17-,25-23+. The van der Waals surface area contributed by atoms with Gasteiger partial charge in [-0.15, -0.1) is 0 Å². The van der Waals surface area contributed by atoms with E-state index in [0.29, 0.717) is 19.3 Å². The summed E-state index contributed by atoms with van der Waals surface area (Å²) in [7, 11) is 0. The summed E-state index contributed by atoms with van der Waals surface area (Å²) in [5.41, 5.74) is 0. The first-order valence-electron chi connectivity index (χ1n) is 27.2. The number of rotatable bonds is 37. The smallest absolute Gasteiger partial charge is 0.364 e. The third kappa shape index (κ3) is 21.4. The molecule has 3 rings (SSSR count). The minimum atomic E-state index is -3.08. The number of carbonyl (C=O) groups is 3. The van der Waals surface area contributed by atoms with Gasteiger partial charge in [0.1, 0.15) is 67.1 Å². The molecule has 23 heteroatoms. The van der Waals surface area contributed by atoms with Crippen LogP contribution in [0, 0.1) is 0 Å².